The summed E-state index contributed by atoms with van der Waals surface area (Å²) in [5, 5.41) is 0. The molecule has 2 fully saturated rings. The molecule has 0 unspecified atom stereocenters. The number of rotatable bonds is 4. The number of amides is 1. The third kappa shape index (κ3) is 4.06. The first-order chi connectivity index (χ1) is 14.4. The Bertz CT molecular complexity index is 1030. The molecular formula is C22H26FN3O3S. The molecule has 0 spiro atoms. The van der Waals surface area contributed by atoms with Crippen LogP contribution in [0.15, 0.2) is 47.4 Å². The fourth-order valence-electron chi connectivity index (χ4n) is 4.07. The predicted octanol–water partition coefficient (Wildman–Crippen LogP) is 2.88. The summed E-state index contributed by atoms with van der Waals surface area (Å²) in [6.07, 6.45) is 1.97. The number of hydrogen-bond donors (Lipinski definition) is 0. The van der Waals surface area contributed by atoms with Crippen molar-refractivity contribution in [1.82, 2.24) is 9.21 Å². The fraction of sp³-hybridized carbons (Fsp3) is 0.409. The van der Waals surface area contributed by atoms with Crippen LogP contribution in [0.4, 0.5) is 10.1 Å². The number of likely N-dealkylation sites (tertiary alicyclic amines) is 1. The van der Waals surface area contributed by atoms with Gasteiger partial charge in [-0.05, 0) is 61.7 Å². The third-order valence-electron chi connectivity index (χ3n) is 5.90. The summed E-state index contributed by atoms with van der Waals surface area (Å²) in [5.41, 5.74) is 2.12. The lowest BCUT2D eigenvalue weighted by molar-refractivity contribution is 0.0792. The molecule has 0 bridgehead atoms. The van der Waals surface area contributed by atoms with Crippen LogP contribution in [0.5, 0.6) is 0 Å². The van der Waals surface area contributed by atoms with Gasteiger partial charge in [0.1, 0.15) is 5.82 Å². The number of piperazine rings is 1. The van der Waals surface area contributed by atoms with Gasteiger partial charge in [0.05, 0.1) is 4.90 Å². The van der Waals surface area contributed by atoms with E-state index >= 15 is 0 Å². The van der Waals surface area contributed by atoms with Gasteiger partial charge in [0, 0.05) is 50.5 Å². The minimum atomic E-state index is -3.69. The molecule has 2 aromatic carbocycles. The topological polar surface area (TPSA) is 60.9 Å². The van der Waals surface area contributed by atoms with Crippen LogP contribution in [-0.2, 0) is 10.0 Å². The van der Waals surface area contributed by atoms with Crippen LogP contribution >= 0.6 is 0 Å². The second kappa shape index (κ2) is 8.35. The molecule has 2 heterocycles. The third-order valence-corrected chi connectivity index (χ3v) is 7.80. The van der Waals surface area contributed by atoms with E-state index in [0.29, 0.717) is 31.7 Å². The maximum Gasteiger partial charge on any atom is 0.254 e. The summed E-state index contributed by atoms with van der Waals surface area (Å²) in [6.45, 7) is 5.00. The fourth-order valence-corrected chi connectivity index (χ4v) is 5.52. The molecule has 2 saturated heterocycles. The summed E-state index contributed by atoms with van der Waals surface area (Å²) in [7, 11) is -3.69. The van der Waals surface area contributed by atoms with E-state index in [-0.39, 0.29) is 16.6 Å². The van der Waals surface area contributed by atoms with Crippen molar-refractivity contribution >= 4 is 21.6 Å². The van der Waals surface area contributed by atoms with Gasteiger partial charge < -0.3 is 9.80 Å². The lowest BCUT2D eigenvalue weighted by atomic mass is 10.1. The molecule has 8 heteroatoms. The van der Waals surface area contributed by atoms with Crippen molar-refractivity contribution in [2.24, 2.45) is 0 Å². The van der Waals surface area contributed by atoms with Gasteiger partial charge in [-0.3, -0.25) is 4.79 Å². The van der Waals surface area contributed by atoms with E-state index in [1.165, 1.54) is 22.5 Å². The van der Waals surface area contributed by atoms with Crippen molar-refractivity contribution in [3.05, 3.63) is 59.4 Å². The average Bonchev–Trinajstić information content (AvgIpc) is 3.29. The molecule has 0 radical (unpaired) electrons. The van der Waals surface area contributed by atoms with Crippen molar-refractivity contribution in [2.75, 3.05) is 44.2 Å². The summed E-state index contributed by atoms with van der Waals surface area (Å²) < 4.78 is 41.0. The van der Waals surface area contributed by atoms with E-state index < -0.39 is 10.0 Å². The van der Waals surface area contributed by atoms with Crippen molar-refractivity contribution < 1.29 is 17.6 Å². The molecule has 2 aliphatic heterocycles. The lowest BCUT2D eigenvalue weighted by Crippen LogP contribution is -2.48. The number of aryl methyl sites for hydroxylation is 1. The number of hydrogen-bond acceptors (Lipinski definition) is 4. The minimum absolute atomic E-state index is 0.0943. The largest absolute Gasteiger partial charge is 0.369 e. The van der Waals surface area contributed by atoms with Crippen LogP contribution in [-0.4, -0.2) is 62.8 Å². The van der Waals surface area contributed by atoms with Crippen molar-refractivity contribution in [2.45, 2.75) is 24.7 Å². The Morgan fingerprint density at radius 3 is 2.17 bits per heavy atom. The molecule has 0 aliphatic carbocycles. The molecule has 160 valence electrons. The first kappa shape index (κ1) is 20.8. The quantitative estimate of drug-likeness (QED) is 0.747. The zero-order valence-electron chi connectivity index (χ0n) is 17.1. The van der Waals surface area contributed by atoms with Gasteiger partial charge in [0.2, 0.25) is 10.0 Å². The summed E-state index contributed by atoms with van der Waals surface area (Å²) in [5.74, 6) is -0.387. The van der Waals surface area contributed by atoms with Gasteiger partial charge in [-0.25, -0.2) is 12.8 Å². The minimum Gasteiger partial charge on any atom is -0.369 e. The molecular weight excluding hydrogens is 405 g/mol. The Morgan fingerprint density at radius 1 is 0.900 bits per heavy atom. The monoisotopic (exact) mass is 431 g/mol. The summed E-state index contributed by atoms with van der Waals surface area (Å²) in [4.78, 5) is 16.8. The van der Waals surface area contributed by atoms with Crippen LogP contribution in [0.25, 0.3) is 0 Å². The van der Waals surface area contributed by atoms with Gasteiger partial charge in [0.15, 0.2) is 0 Å². The smallest absolute Gasteiger partial charge is 0.254 e. The summed E-state index contributed by atoms with van der Waals surface area (Å²) in [6, 6.07) is 11.0. The molecule has 4 rings (SSSR count). The van der Waals surface area contributed by atoms with Crippen LogP contribution in [0.1, 0.15) is 28.8 Å². The number of carbonyl (C=O) groups excluding carboxylic acids is 1. The van der Waals surface area contributed by atoms with E-state index in [4.69, 9.17) is 0 Å². The Kier molecular flexibility index (Phi) is 5.79. The van der Waals surface area contributed by atoms with Crippen LogP contribution in [0.3, 0.4) is 0 Å². The summed E-state index contributed by atoms with van der Waals surface area (Å²) >= 11 is 0. The Labute approximate surface area is 176 Å². The van der Waals surface area contributed by atoms with Gasteiger partial charge in [-0.1, -0.05) is 6.07 Å². The molecule has 2 aliphatic rings. The molecule has 0 atom stereocenters. The number of benzene rings is 2. The number of halogens is 1. The van der Waals surface area contributed by atoms with Gasteiger partial charge in [0.25, 0.3) is 5.91 Å². The number of nitrogens with zero attached hydrogens (tertiary/aromatic N) is 3. The lowest BCUT2D eigenvalue weighted by Gasteiger charge is -2.35. The zero-order chi connectivity index (χ0) is 21.3. The molecule has 1 amide bonds. The highest BCUT2D eigenvalue weighted by Crippen LogP contribution is 2.24. The SMILES string of the molecule is Cc1ccc(S(=O)(=O)N2CCN(c3ccc(F)cc3)CC2)cc1C(=O)N1CCCC1. The van der Waals surface area contributed by atoms with E-state index in [1.54, 1.807) is 29.2 Å². The number of carbonyl (C=O) groups is 1. The zero-order valence-corrected chi connectivity index (χ0v) is 17.9. The van der Waals surface area contributed by atoms with E-state index in [1.807, 2.05) is 11.8 Å². The van der Waals surface area contributed by atoms with Crippen molar-refractivity contribution in [1.29, 1.82) is 0 Å². The van der Waals surface area contributed by atoms with E-state index in [2.05, 4.69) is 0 Å². The molecule has 0 saturated carbocycles. The molecule has 0 aromatic heterocycles. The number of sulfonamides is 1. The molecule has 0 N–H and O–H groups in total. The Hall–Kier alpha value is -2.45. The predicted molar refractivity (Wildman–Crippen MR) is 114 cm³/mol. The van der Waals surface area contributed by atoms with Crippen molar-refractivity contribution in [3.63, 3.8) is 0 Å². The highest BCUT2D eigenvalue weighted by molar-refractivity contribution is 7.89. The molecule has 6 nitrogen and oxygen atoms in total. The second-order valence-corrected chi connectivity index (χ2v) is 9.78. The first-order valence-corrected chi connectivity index (χ1v) is 11.7. The van der Waals surface area contributed by atoms with Crippen molar-refractivity contribution in [3.8, 4) is 0 Å². The highest BCUT2D eigenvalue weighted by atomic mass is 32.2. The molecule has 2 aromatic rings. The van der Waals surface area contributed by atoms with Gasteiger partial charge >= 0.3 is 0 Å². The first-order valence-electron chi connectivity index (χ1n) is 10.3. The van der Waals surface area contributed by atoms with Crippen LogP contribution < -0.4 is 4.90 Å². The maximum absolute atomic E-state index is 13.2. The number of anilines is 1. The molecule has 30 heavy (non-hydrogen) atoms. The Balaban J connectivity index is 1.50. The average molecular weight is 432 g/mol. The highest BCUT2D eigenvalue weighted by Gasteiger charge is 2.30. The van der Waals surface area contributed by atoms with Crippen LogP contribution in [0, 0.1) is 12.7 Å². The normalized spacial score (nSPS) is 18.1. The van der Waals surface area contributed by atoms with Crippen LogP contribution in [0.2, 0.25) is 0 Å². The van der Waals surface area contributed by atoms with Gasteiger partial charge in [-0.2, -0.15) is 4.31 Å². The Morgan fingerprint density at radius 2 is 1.53 bits per heavy atom. The standard InChI is InChI=1S/C22H26FN3O3S/c1-17-4-9-20(16-21(17)22(27)25-10-2-3-11-25)30(28,29)26-14-12-24(13-15-26)19-7-5-18(23)6-8-19/h4-9,16H,2-3,10-15H2,1H3. The maximum atomic E-state index is 13.2. The van der Waals surface area contributed by atoms with E-state index in [0.717, 1.165) is 37.2 Å². The second-order valence-electron chi connectivity index (χ2n) is 7.84. The van der Waals surface area contributed by atoms with E-state index in [9.17, 15) is 17.6 Å². The van der Waals surface area contributed by atoms with Gasteiger partial charge in [-0.15, -0.1) is 0 Å².